The van der Waals surface area contributed by atoms with Crippen molar-refractivity contribution in [3.8, 4) is 17.7 Å². The Bertz CT molecular complexity index is 836. The Morgan fingerprint density at radius 3 is 2.80 bits per heavy atom. The predicted octanol–water partition coefficient (Wildman–Crippen LogP) is 2.96. The molecule has 0 aliphatic heterocycles. The van der Waals surface area contributed by atoms with E-state index in [2.05, 4.69) is 10.2 Å². The number of furan rings is 2. The third-order valence-electron chi connectivity index (χ3n) is 3.23. The lowest BCUT2D eigenvalue weighted by Gasteiger charge is -2.19. The minimum Gasteiger partial charge on any atom is -0.467 e. The van der Waals surface area contributed by atoms with Gasteiger partial charge >= 0.3 is 0 Å². The maximum atomic E-state index is 12.4. The molecule has 0 saturated heterocycles. The summed E-state index contributed by atoms with van der Waals surface area (Å²) < 4.78 is 15.9. The minimum absolute atomic E-state index is 0.117. The standard InChI is InChI=1S/C16H14N4O4S/c17-6-3-7-20(10-12-4-1-8-22-12)14(21)11-25-16-19-18-15(24-16)13-5-2-9-23-13/h1-2,4-5,8-9H,3,7,10-11H2. The predicted molar refractivity (Wildman–Crippen MR) is 87.1 cm³/mol. The van der Waals surface area contributed by atoms with Crippen LogP contribution in [0.5, 0.6) is 0 Å². The second-order valence-electron chi connectivity index (χ2n) is 4.94. The molecular formula is C16H14N4O4S. The van der Waals surface area contributed by atoms with Crippen LogP contribution in [0.4, 0.5) is 0 Å². The first-order valence-electron chi connectivity index (χ1n) is 7.43. The van der Waals surface area contributed by atoms with Gasteiger partial charge in [0, 0.05) is 6.54 Å². The highest BCUT2D eigenvalue weighted by Gasteiger charge is 2.18. The zero-order chi connectivity index (χ0) is 17.5. The van der Waals surface area contributed by atoms with Crippen molar-refractivity contribution < 1.29 is 18.0 Å². The maximum Gasteiger partial charge on any atom is 0.284 e. The van der Waals surface area contributed by atoms with Gasteiger partial charge in [-0.3, -0.25) is 4.79 Å². The molecule has 0 aliphatic rings. The zero-order valence-corrected chi connectivity index (χ0v) is 13.9. The Kier molecular flexibility index (Phi) is 5.53. The van der Waals surface area contributed by atoms with Crippen LogP contribution < -0.4 is 0 Å². The van der Waals surface area contributed by atoms with Crippen molar-refractivity contribution in [2.45, 2.75) is 18.2 Å². The van der Waals surface area contributed by atoms with E-state index in [4.69, 9.17) is 18.5 Å². The second kappa shape index (κ2) is 8.21. The van der Waals surface area contributed by atoms with E-state index >= 15 is 0 Å². The summed E-state index contributed by atoms with van der Waals surface area (Å²) in [7, 11) is 0. The molecule has 0 radical (unpaired) electrons. The molecule has 0 spiro atoms. The summed E-state index contributed by atoms with van der Waals surface area (Å²) in [4.78, 5) is 14.0. The van der Waals surface area contributed by atoms with Gasteiger partial charge in [0.05, 0.1) is 37.3 Å². The summed E-state index contributed by atoms with van der Waals surface area (Å²) in [6.45, 7) is 0.646. The molecule has 128 valence electrons. The van der Waals surface area contributed by atoms with Crippen LogP contribution in [0.25, 0.3) is 11.7 Å². The lowest BCUT2D eigenvalue weighted by Crippen LogP contribution is -2.32. The Morgan fingerprint density at radius 1 is 1.24 bits per heavy atom. The molecule has 0 unspecified atom stereocenters. The highest BCUT2D eigenvalue weighted by Crippen LogP contribution is 2.23. The van der Waals surface area contributed by atoms with Crippen LogP contribution in [0, 0.1) is 11.3 Å². The van der Waals surface area contributed by atoms with Crippen LogP contribution >= 0.6 is 11.8 Å². The molecule has 3 heterocycles. The minimum atomic E-state index is -0.144. The van der Waals surface area contributed by atoms with Gasteiger partial charge in [0.25, 0.3) is 11.1 Å². The Hall–Kier alpha value is -2.99. The summed E-state index contributed by atoms with van der Waals surface area (Å²) in [5, 5.41) is 16.8. The van der Waals surface area contributed by atoms with Crippen molar-refractivity contribution in [2.24, 2.45) is 0 Å². The number of carbonyl (C=O) groups excluding carboxylic acids is 1. The van der Waals surface area contributed by atoms with Crippen LogP contribution in [0.2, 0.25) is 0 Å². The average Bonchev–Trinajstić information content (AvgIpc) is 3.38. The number of thioether (sulfide) groups is 1. The number of hydrogen-bond donors (Lipinski definition) is 0. The van der Waals surface area contributed by atoms with Crippen LogP contribution in [0.3, 0.4) is 0 Å². The number of amides is 1. The molecule has 8 nitrogen and oxygen atoms in total. The van der Waals surface area contributed by atoms with Crippen LogP contribution in [0.15, 0.2) is 55.3 Å². The fraction of sp³-hybridized carbons (Fsp3) is 0.250. The fourth-order valence-electron chi connectivity index (χ4n) is 2.05. The third-order valence-corrected chi connectivity index (χ3v) is 4.03. The molecule has 0 aliphatic carbocycles. The van der Waals surface area contributed by atoms with Gasteiger partial charge in [-0.05, 0) is 24.3 Å². The summed E-state index contributed by atoms with van der Waals surface area (Å²) in [6.07, 6.45) is 3.31. The number of aromatic nitrogens is 2. The lowest BCUT2D eigenvalue weighted by atomic mass is 10.3. The average molecular weight is 358 g/mol. The van der Waals surface area contributed by atoms with Gasteiger partial charge < -0.3 is 18.2 Å². The zero-order valence-electron chi connectivity index (χ0n) is 13.1. The van der Waals surface area contributed by atoms with E-state index in [9.17, 15) is 4.79 Å². The molecule has 0 saturated carbocycles. The first kappa shape index (κ1) is 16.9. The van der Waals surface area contributed by atoms with Crippen LogP contribution in [-0.4, -0.2) is 33.3 Å². The molecule has 3 rings (SSSR count). The van der Waals surface area contributed by atoms with Crippen LogP contribution in [-0.2, 0) is 11.3 Å². The first-order chi connectivity index (χ1) is 12.3. The highest BCUT2D eigenvalue weighted by atomic mass is 32.2. The normalized spacial score (nSPS) is 10.5. The molecule has 1 amide bonds. The van der Waals surface area contributed by atoms with E-state index in [1.807, 2.05) is 6.07 Å². The van der Waals surface area contributed by atoms with Gasteiger partial charge in [-0.1, -0.05) is 11.8 Å². The first-order valence-corrected chi connectivity index (χ1v) is 8.42. The summed E-state index contributed by atoms with van der Waals surface area (Å²) in [5.74, 6) is 1.37. The van der Waals surface area contributed by atoms with Crippen molar-refractivity contribution in [3.05, 3.63) is 42.6 Å². The summed E-state index contributed by atoms with van der Waals surface area (Å²) >= 11 is 1.13. The molecule has 0 bridgehead atoms. The molecule has 0 N–H and O–H groups in total. The largest absolute Gasteiger partial charge is 0.467 e. The fourth-order valence-corrected chi connectivity index (χ4v) is 2.72. The van der Waals surface area contributed by atoms with E-state index in [1.165, 1.54) is 6.26 Å². The van der Waals surface area contributed by atoms with Gasteiger partial charge in [0.1, 0.15) is 5.76 Å². The van der Waals surface area contributed by atoms with Gasteiger partial charge in [-0.2, -0.15) is 5.26 Å². The second-order valence-corrected chi connectivity index (χ2v) is 5.87. The maximum absolute atomic E-state index is 12.4. The molecule has 25 heavy (non-hydrogen) atoms. The van der Waals surface area contributed by atoms with E-state index in [0.29, 0.717) is 24.6 Å². The molecule has 3 aromatic rings. The monoisotopic (exact) mass is 358 g/mol. The van der Waals surface area contributed by atoms with E-state index in [1.54, 1.807) is 35.4 Å². The van der Waals surface area contributed by atoms with Gasteiger partial charge in [0.2, 0.25) is 5.91 Å². The lowest BCUT2D eigenvalue weighted by molar-refractivity contribution is -0.129. The van der Waals surface area contributed by atoms with E-state index in [-0.39, 0.29) is 29.2 Å². The van der Waals surface area contributed by atoms with Crippen molar-refractivity contribution >= 4 is 17.7 Å². The van der Waals surface area contributed by atoms with Crippen LogP contribution in [0.1, 0.15) is 12.2 Å². The van der Waals surface area contributed by atoms with E-state index < -0.39 is 0 Å². The molecule has 0 aromatic carbocycles. The van der Waals surface area contributed by atoms with Crippen molar-refractivity contribution in [2.75, 3.05) is 12.3 Å². The number of carbonyl (C=O) groups is 1. The number of nitriles is 1. The Morgan fingerprint density at radius 2 is 2.08 bits per heavy atom. The van der Waals surface area contributed by atoms with Crippen molar-refractivity contribution in [3.63, 3.8) is 0 Å². The molecular weight excluding hydrogens is 344 g/mol. The summed E-state index contributed by atoms with van der Waals surface area (Å²) in [6, 6.07) is 9.01. The third kappa shape index (κ3) is 4.51. The highest BCUT2D eigenvalue weighted by molar-refractivity contribution is 7.99. The van der Waals surface area contributed by atoms with Crippen molar-refractivity contribution in [1.82, 2.24) is 15.1 Å². The number of hydrogen-bond acceptors (Lipinski definition) is 8. The number of rotatable bonds is 8. The molecule has 0 atom stereocenters. The Balaban J connectivity index is 1.58. The van der Waals surface area contributed by atoms with E-state index in [0.717, 1.165) is 11.8 Å². The molecule has 0 fully saturated rings. The van der Waals surface area contributed by atoms with Gasteiger partial charge in [0.15, 0.2) is 5.76 Å². The SMILES string of the molecule is N#CCCN(Cc1ccco1)C(=O)CSc1nnc(-c2ccco2)o1. The quantitative estimate of drug-likeness (QED) is 0.565. The van der Waals surface area contributed by atoms with Gasteiger partial charge in [-0.25, -0.2) is 0 Å². The topological polar surface area (TPSA) is 109 Å². The number of nitrogens with zero attached hydrogens (tertiary/aromatic N) is 4. The van der Waals surface area contributed by atoms with Gasteiger partial charge in [-0.15, -0.1) is 10.2 Å². The summed E-state index contributed by atoms with van der Waals surface area (Å²) in [5.41, 5.74) is 0. The van der Waals surface area contributed by atoms with Crippen molar-refractivity contribution in [1.29, 1.82) is 5.26 Å². The smallest absolute Gasteiger partial charge is 0.284 e. The molecule has 3 aromatic heterocycles. The molecule has 9 heteroatoms. The Labute approximate surface area is 147 Å².